The Labute approximate surface area is 123 Å². The maximum Gasteiger partial charge on any atom is 0.242 e. The molecule has 0 saturated carbocycles. The number of carbonyl (C=O) groups is 2. The highest BCUT2D eigenvalue weighted by Crippen LogP contribution is 2.39. The molecule has 1 N–H and O–H groups in total. The summed E-state index contributed by atoms with van der Waals surface area (Å²) in [6, 6.07) is 7.69. The van der Waals surface area contributed by atoms with Crippen LogP contribution in [0.1, 0.15) is 30.3 Å². The predicted molar refractivity (Wildman–Crippen MR) is 81.4 cm³/mol. The summed E-state index contributed by atoms with van der Waals surface area (Å²) in [5.74, 6) is 0.363. The first kappa shape index (κ1) is 14.9. The number of nitrogens with zero attached hydrogens (tertiary/aromatic N) is 1. The number of amides is 2. The number of aryl methyl sites for hydroxylation is 1. The summed E-state index contributed by atoms with van der Waals surface area (Å²) < 4.78 is 0. The zero-order chi connectivity index (χ0) is 14.7. The van der Waals surface area contributed by atoms with Crippen LogP contribution in [0.5, 0.6) is 0 Å². The van der Waals surface area contributed by atoms with Crippen LogP contribution in [0.25, 0.3) is 0 Å². The van der Waals surface area contributed by atoms with Gasteiger partial charge in [-0.25, -0.2) is 0 Å². The van der Waals surface area contributed by atoms with Gasteiger partial charge in [0.15, 0.2) is 0 Å². The van der Waals surface area contributed by atoms with Gasteiger partial charge in [0.1, 0.15) is 11.4 Å². The molecule has 0 bridgehead atoms. The fourth-order valence-corrected chi connectivity index (χ4v) is 3.55. The van der Waals surface area contributed by atoms with Crippen LogP contribution in [0.3, 0.4) is 0 Å². The Bertz CT molecular complexity index is 501. The second kappa shape index (κ2) is 6.31. The van der Waals surface area contributed by atoms with Crippen molar-refractivity contribution in [2.75, 3.05) is 12.3 Å². The van der Waals surface area contributed by atoms with Crippen molar-refractivity contribution in [1.82, 2.24) is 10.2 Å². The van der Waals surface area contributed by atoms with Crippen molar-refractivity contribution in [3.8, 4) is 0 Å². The normalized spacial score (nSPS) is 20.1. The minimum atomic E-state index is -0.441. The van der Waals surface area contributed by atoms with E-state index in [1.54, 1.807) is 23.6 Å². The van der Waals surface area contributed by atoms with Crippen molar-refractivity contribution in [3.63, 3.8) is 0 Å². The fourth-order valence-electron chi connectivity index (χ4n) is 2.29. The first-order valence-corrected chi connectivity index (χ1v) is 7.86. The van der Waals surface area contributed by atoms with Gasteiger partial charge in [-0.3, -0.25) is 9.59 Å². The van der Waals surface area contributed by atoms with Crippen molar-refractivity contribution in [2.24, 2.45) is 0 Å². The Morgan fingerprint density at radius 2 is 2.10 bits per heavy atom. The number of hydrogen-bond acceptors (Lipinski definition) is 3. The molecule has 0 aromatic heterocycles. The summed E-state index contributed by atoms with van der Waals surface area (Å²) >= 11 is 1.58. The zero-order valence-electron chi connectivity index (χ0n) is 12.1. The topological polar surface area (TPSA) is 49.4 Å². The van der Waals surface area contributed by atoms with Gasteiger partial charge in [-0.2, -0.15) is 0 Å². The lowest BCUT2D eigenvalue weighted by Crippen LogP contribution is -2.46. The van der Waals surface area contributed by atoms with Crippen LogP contribution < -0.4 is 5.32 Å². The highest BCUT2D eigenvalue weighted by molar-refractivity contribution is 8.00. The summed E-state index contributed by atoms with van der Waals surface area (Å²) in [6.45, 7) is 6.28. The monoisotopic (exact) mass is 292 g/mol. The minimum Gasteiger partial charge on any atom is -0.355 e. The van der Waals surface area contributed by atoms with Crippen molar-refractivity contribution in [2.45, 2.75) is 32.2 Å². The average molecular weight is 292 g/mol. The van der Waals surface area contributed by atoms with E-state index >= 15 is 0 Å². The van der Waals surface area contributed by atoms with Crippen LogP contribution in [-0.4, -0.2) is 35.1 Å². The smallest absolute Gasteiger partial charge is 0.242 e. The van der Waals surface area contributed by atoms with Crippen LogP contribution in [0, 0.1) is 6.92 Å². The van der Waals surface area contributed by atoms with Gasteiger partial charge in [-0.05, 0) is 26.3 Å². The van der Waals surface area contributed by atoms with Crippen molar-refractivity contribution < 1.29 is 9.59 Å². The van der Waals surface area contributed by atoms with Crippen LogP contribution >= 0.6 is 11.8 Å². The Morgan fingerprint density at radius 3 is 2.70 bits per heavy atom. The van der Waals surface area contributed by atoms with Crippen LogP contribution in [0.4, 0.5) is 0 Å². The van der Waals surface area contributed by atoms with Gasteiger partial charge < -0.3 is 10.2 Å². The van der Waals surface area contributed by atoms with E-state index in [9.17, 15) is 9.59 Å². The second-order valence-corrected chi connectivity index (χ2v) is 6.01. The van der Waals surface area contributed by atoms with Crippen molar-refractivity contribution in [3.05, 3.63) is 35.4 Å². The molecular formula is C15H20N2O2S. The molecule has 1 aromatic rings. The predicted octanol–water partition coefficient (Wildman–Crippen LogP) is 2.09. The largest absolute Gasteiger partial charge is 0.355 e. The Hall–Kier alpha value is -1.49. The van der Waals surface area contributed by atoms with E-state index < -0.39 is 6.04 Å². The van der Waals surface area contributed by atoms with Crippen LogP contribution in [0.15, 0.2) is 24.3 Å². The molecule has 4 nitrogen and oxygen atoms in total. The molecule has 5 heteroatoms. The number of carbonyl (C=O) groups excluding carboxylic acids is 2. The van der Waals surface area contributed by atoms with Crippen molar-refractivity contribution in [1.29, 1.82) is 0 Å². The number of nitrogens with one attached hydrogen (secondary N) is 1. The molecule has 0 spiro atoms. The summed E-state index contributed by atoms with van der Waals surface area (Å²) in [5, 5.41) is 2.71. The average Bonchev–Trinajstić information content (AvgIpc) is 2.81. The number of thioether (sulfide) groups is 1. The van der Waals surface area contributed by atoms with Gasteiger partial charge >= 0.3 is 0 Å². The molecule has 20 heavy (non-hydrogen) atoms. The van der Waals surface area contributed by atoms with E-state index in [1.165, 1.54) is 5.56 Å². The van der Waals surface area contributed by atoms with Gasteiger partial charge in [0.05, 0.1) is 5.75 Å². The number of rotatable bonds is 4. The molecule has 1 aliphatic heterocycles. The maximum absolute atomic E-state index is 12.1. The SMILES string of the molecule is CCNC(=O)[C@@H](C)N1C(=O)CS[C@H]1c1ccc(C)cc1. The molecule has 1 heterocycles. The Balaban J connectivity index is 2.22. The third-order valence-electron chi connectivity index (χ3n) is 3.42. The summed E-state index contributed by atoms with van der Waals surface area (Å²) in [5.41, 5.74) is 2.26. The number of likely N-dealkylation sites (N-methyl/N-ethyl adjacent to an activating group) is 1. The molecule has 0 aliphatic carbocycles. The molecule has 1 fully saturated rings. The summed E-state index contributed by atoms with van der Waals surface area (Å²) in [4.78, 5) is 25.8. The molecule has 0 radical (unpaired) electrons. The fraction of sp³-hybridized carbons (Fsp3) is 0.467. The Morgan fingerprint density at radius 1 is 1.45 bits per heavy atom. The van der Waals surface area contributed by atoms with Gasteiger partial charge in [0, 0.05) is 6.54 Å². The van der Waals surface area contributed by atoms with E-state index in [4.69, 9.17) is 0 Å². The van der Waals surface area contributed by atoms with Crippen LogP contribution in [-0.2, 0) is 9.59 Å². The van der Waals surface area contributed by atoms with Crippen molar-refractivity contribution >= 4 is 23.6 Å². The van der Waals surface area contributed by atoms with E-state index in [-0.39, 0.29) is 17.2 Å². The molecule has 1 saturated heterocycles. The Kier molecular flexibility index (Phi) is 4.70. The minimum absolute atomic E-state index is 0.0272. The van der Waals surface area contributed by atoms with E-state index in [0.717, 1.165) is 5.56 Å². The third kappa shape index (κ3) is 2.98. The van der Waals surface area contributed by atoms with Gasteiger partial charge in [0.2, 0.25) is 11.8 Å². The lowest BCUT2D eigenvalue weighted by atomic mass is 10.1. The summed E-state index contributed by atoms with van der Waals surface area (Å²) in [7, 11) is 0. The standard InChI is InChI=1S/C15H20N2O2S/c1-4-16-14(19)11(3)17-13(18)9-20-15(17)12-7-5-10(2)6-8-12/h5-8,11,15H,4,9H2,1-3H3,(H,16,19)/t11-,15+/m1/s1. The molecule has 2 atom stereocenters. The third-order valence-corrected chi connectivity index (χ3v) is 4.64. The van der Waals surface area contributed by atoms with E-state index in [1.807, 2.05) is 38.1 Å². The van der Waals surface area contributed by atoms with E-state index in [0.29, 0.717) is 12.3 Å². The number of hydrogen-bond donors (Lipinski definition) is 1. The molecular weight excluding hydrogens is 272 g/mol. The molecule has 2 amide bonds. The highest BCUT2D eigenvalue weighted by atomic mass is 32.2. The molecule has 1 aromatic carbocycles. The van der Waals surface area contributed by atoms with Crippen LogP contribution in [0.2, 0.25) is 0 Å². The molecule has 2 rings (SSSR count). The zero-order valence-corrected chi connectivity index (χ0v) is 12.9. The highest BCUT2D eigenvalue weighted by Gasteiger charge is 2.38. The lowest BCUT2D eigenvalue weighted by Gasteiger charge is -2.29. The first-order chi connectivity index (χ1) is 9.54. The van der Waals surface area contributed by atoms with Gasteiger partial charge in [0.25, 0.3) is 0 Å². The molecule has 1 aliphatic rings. The number of benzene rings is 1. The first-order valence-electron chi connectivity index (χ1n) is 6.81. The van der Waals surface area contributed by atoms with Gasteiger partial charge in [-0.1, -0.05) is 29.8 Å². The lowest BCUT2D eigenvalue weighted by molar-refractivity contribution is -0.137. The van der Waals surface area contributed by atoms with Gasteiger partial charge in [-0.15, -0.1) is 11.8 Å². The second-order valence-electron chi connectivity index (χ2n) is 4.95. The molecule has 0 unspecified atom stereocenters. The quantitative estimate of drug-likeness (QED) is 0.924. The maximum atomic E-state index is 12.1. The van der Waals surface area contributed by atoms with E-state index in [2.05, 4.69) is 5.32 Å². The molecule has 108 valence electrons. The summed E-state index contributed by atoms with van der Waals surface area (Å²) in [6.07, 6.45) is 0.